The van der Waals surface area contributed by atoms with Crippen LogP contribution in [0.1, 0.15) is 22.3 Å². The Labute approximate surface area is 334 Å². The molecule has 2 aliphatic rings. The van der Waals surface area contributed by atoms with Crippen LogP contribution in [0.4, 0.5) is 17.1 Å². The van der Waals surface area contributed by atoms with Crippen molar-refractivity contribution in [3.8, 4) is 33.4 Å². The van der Waals surface area contributed by atoms with Gasteiger partial charge >= 0.3 is 0 Å². The van der Waals surface area contributed by atoms with Crippen LogP contribution >= 0.6 is 0 Å². The maximum absolute atomic E-state index is 6.84. The maximum Gasteiger partial charge on any atom is 0.147 e. The number of anilines is 3. The lowest BCUT2D eigenvalue weighted by Crippen LogP contribution is -2.26. The Hall–Kier alpha value is -7.62. The predicted octanol–water partition coefficient (Wildman–Crippen LogP) is 15.0. The summed E-state index contributed by atoms with van der Waals surface area (Å²) in [5, 5.41) is 4.27. The first-order valence-electron chi connectivity index (χ1n) is 19.9. The van der Waals surface area contributed by atoms with Gasteiger partial charge < -0.3 is 13.7 Å². The van der Waals surface area contributed by atoms with Gasteiger partial charge in [-0.05, 0) is 93.0 Å². The molecule has 1 spiro atoms. The molecule has 0 bridgehead atoms. The number of hydrogen-bond donors (Lipinski definition) is 0. The van der Waals surface area contributed by atoms with Gasteiger partial charge in [0.05, 0.1) is 16.5 Å². The SMILES string of the molecule is c1ccc(N(c2ccc(-c3cccc4c3oc3c4ccc4oc5ccccc5c43)cc2)c2cccc3c2-c2ccccc2C32c3ccccc3-c3ccccc32)cc1. The maximum atomic E-state index is 6.84. The molecule has 0 saturated heterocycles. The summed E-state index contributed by atoms with van der Waals surface area (Å²) >= 11 is 0. The molecular weight excluding hydrogens is 707 g/mol. The fourth-order valence-electron chi connectivity index (χ4n) is 10.4. The molecule has 0 atom stereocenters. The molecular formula is C55H33NO2. The minimum atomic E-state index is -0.416. The Morgan fingerprint density at radius 1 is 0.345 bits per heavy atom. The van der Waals surface area contributed by atoms with E-state index < -0.39 is 5.41 Å². The Bertz CT molecular complexity index is 3420. The molecule has 0 radical (unpaired) electrons. The molecule has 2 heterocycles. The summed E-state index contributed by atoms with van der Waals surface area (Å²) in [5.74, 6) is 0. The van der Waals surface area contributed by atoms with Crippen molar-refractivity contribution in [2.45, 2.75) is 5.41 Å². The minimum Gasteiger partial charge on any atom is -0.456 e. The van der Waals surface area contributed by atoms with Gasteiger partial charge in [0.15, 0.2) is 0 Å². The molecule has 0 amide bonds. The highest BCUT2D eigenvalue weighted by Crippen LogP contribution is 2.64. The van der Waals surface area contributed by atoms with Gasteiger partial charge in [-0.1, -0.05) is 152 Å². The summed E-state index contributed by atoms with van der Waals surface area (Å²) in [6.07, 6.45) is 0. The van der Waals surface area contributed by atoms with Crippen molar-refractivity contribution in [3.63, 3.8) is 0 Å². The van der Waals surface area contributed by atoms with Gasteiger partial charge in [-0.2, -0.15) is 0 Å². The van der Waals surface area contributed by atoms with Crippen LogP contribution in [0.15, 0.2) is 209 Å². The van der Waals surface area contributed by atoms with Crippen LogP contribution in [-0.2, 0) is 5.41 Å². The highest BCUT2D eigenvalue weighted by atomic mass is 16.3. The van der Waals surface area contributed by atoms with Gasteiger partial charge in [-0.15, -0.1) is 0 Å². The zero-order valence-electron chi connectivity index (χ0n) is 31.3. The largest absolute Gasteiger partial charge is 0.456 e. The molecule has 9 aromatic carbocycles. The quantitative estimate of drug-likeness (QED) is 0.180. The van der Waals surface area contributed by atoms with Crippen LogP contribution in [-0.4, -0.2) is 0 Å². The minimum absolute atomic E-state index is 0.416. The van der Waals surface area contributed by atoms with Gasteiger partial charge in [-0.25, -0.2) is 0 Å². The second-order valence-electron chi connectivity index (χ2n) is 15.5. The number of para-hydroxylation sites is 3. The van der Waals surface area contributed by atoms with Crippen molar-refractivity contribution in [1.29, 1.82) is 0 Å². The molecule has 3 heteroatoms. The topological polar surface area (TPSA) is 29.5 Å². The Kier molecular flexibility index (Phi) is 6.37. The third-order valence-electron chi connectivity index (χ3n) is 12.7. The van der Waals surface area contributed by atoms with Gasteiger partial charge in [-0.3, -0.25) is 0 Å². The fourth-order valence-corrected chi connectivity index (χ4v) is 10.4. The van der Waals surface area contributed by atoms with E-state index in [1.54, 1.807) is 0 Å². The number of fused-ring (bicyclic) bond motifs is 17. The molecule has 58 heavy (non-hydrogen) atoms. The molecule has 11 aromatic rings. The van der Waals surface area contributed by atoms with E-state index in [0.717, 1.165) is 72.1 Å². The number of benzene rings is 9. The van der Waals surface area contributed by atoms with Crippen LogP contribution in [0.2, 0.25) is 0 Å². The van der Waals surface area contributed by atoms with E-state index in [2.05, 4.69) is 193 Å². The fraction of sp³-hybridized carbons (Fsp3) is 0.0182. The molecule has 0 saturated carbocycles. The Balaban J connectivity index is 1.000. The number of rotatable bonds is 4. The van der Waals surface area contributed by atoms with E-state index in [0.29, 0.717) is 0 Å². The van der Waals surface area contributed by atoms with E-state index in [1.807, 2.05) is 12.1 Å². The molecule has 0 fully saturated rings. The lowest BCUT2D eigenvalue weighted by atomic mass is 9.70. The monoisotopic (exact) mass is 739 g/mol. The predicted molar refractivity (Wildman–Crippen MR) is 237 cm³/mol. The van der Waals surface area contributed by atoms with Gasteiger partial charge in [0.2, 0.25) is 0 Å². The van der Waals surface area contributed by atoms with Crippen LogP contribution in [0.25, 0.3) is 77.3 Å². The number of hydrogen-bond acceptors (Lipinski definition) is 3. The molecule has 2 aromatic heterocycles. The summed E-state index contributed by atoms with van der Waals surface area (Å²) in [4.78, 5) is 2.42. The molecule has 0 aliphatic heterocycles. The number of nitrogens with zero attached hydrogens (tertiary/aromatic N) is 1. The summed E-state index contributed by atoms with van der Waals surface area (Å²) < 4.78 is 13.1. The number of furan rings is 2. The van der Waals surface area contributed by atoms with Crippen molar-refractivity contribution in [2.24, 2.45) is 0 Å². The average Bonchev–Trinajstić information content (AvgIpc) is 4.03. The van der Waals surface area contributed by atoms with Gasteiger partial charge in [0.25, 0.3) is 0 Å². The van der Waals surface area contributed by atoms with Crippen molar-refractivity contribution in [1.82, 2.24) is 0 Å². The van der Waals surface area contributed by atoms with Crippen molar-refractivity contribution in [2.75, 3.05) is 4.90 Å². The van der Waals surface area contributed by atoms with Gasteiger partial charge in [0, 0.05) is 38.7 Å². The first-order chi connectivity index (χ1) is 28.8. The molecule has 270 valence electrons. The van der Waals surface area contributed by atoms with Crippen LogP contribution in [0, 0.1) is 0 Å². The Morgan fingerprint density at radius 2 is 0.914 bits per heavy atom. The van der Waals surface area contributed by atoms with Crippen molar-refractivity contribution in [3.05, 3.63) is 222 Å². The Morgan fingerprint density at radius 3 is 1.69 bits per heavy atom. The summed E-state index contributed by atoms with van der Waals surface area (Å²) in [5.41, 5.74) is 19.0. The average molecular weight is 740 g/mol. The zero-order chi connectivity index (χ0) is 38.0. The lowest BCUT2D eigenvalue weighted by molar-refractivity contribution is 0.663. The summed E-state index contributed by atoms with van der Waals surface area (Å²) in [6, 6.07) is 72.5. The zero-order valence-corrected chi connectivity index (χ0v) is 31.3. The molecule has 13 rings (SSSR count). The van der Waals surface area contributed by atoms with Crippen molar-refractivity contribution >= 4 is 60.9 Å². The van der Waals surface area contributed by atoms with Crippen molar-refractivity contribution < 1.29 is 8.83 Å². The molecule has 0 N–H and O–H groups in total. The standard InChI is InChI=1S/C55H33NO2/c1-2-14-35(15-3-1)56(48-26-13-25-47-51(48)42-18-6-10-24-46(42)55(47)44-22-8-4-16-38(44)39-17-5-9-23-45(39)55)36-30-28-34(29-31-36)37-20-12-21-40-41-32-33-50-52(54(41)58-53(37)40)43-19-7-11-27-49(43)57-50/h1-33H. The molecule has 3 nitrogen and oxygen atoms in total. The van der Waals surface area contributed by atoms with E-state index in [4.69, 9.17) is 8.83 Å². The van der Waals surface area contributed by atoms with E-state index >= 15 is 0 Å². The summed E-state index contributed by atoms with van der Waals surface area (Å²) in [6.45, 7) is 0. The highest BCUT2D eigenvalue weighted by Gasteiger charge is 2.52. The third kappa shape index (κ3) is 4.07. The summed E-state index contributed by atoms with van der Waals surface area (Å²) in [7, 11) is 0. The lowest BCUT2D eigenvalue weighted by Gasteiger charge is -2.31. The third-order valence-corrected chi connectivity index (χ3v) is 12.7. The highest BCUT2D eigenvalue weighted by molar-refractivity contribution is 6.23. The van der Waals surface area contributed by atoms with Crippen LogP contribution in [0.5, 0.6) is 0 Å². The first kappa shape index (κ1) is 31.6. The van der Waals surface area contributed by atoms with Crippen LogP contribution < -0.4 is 4.90 Å². The molecule has 0 unspecified atom stereocenters. The second-order valence-corrected chi connectivity index (χ2v) is 15.5. The van der Waals surface area contributed by atoms with Crippen LogP contribution in [0.3, 0.4) is 0 Å². The first-order valence-corrected chi connectivity index (χ1v) is 19.9. The van der Waals surface area contributed by atoms with E-state index in [-0.39, 0.29) is 0 Å². The normalized spacial score (nSPS) is 13.3. The second kappa shape index (κ2) is 11.7. The molecule has 2 aliphatic carbocycles. The smallest absolute Gasteiger partial charge is 0.147 e. The van der Waals surface area contributed by atoms with E-state index in [1.165, 1.54) is 44.5 Å². The van der Waals surface area contributed by atoms with E-state index in [9.17, 15) is 0 Å². The van der Waals surface area contributed by atoms with Gasteiger partial charge in [0.1, 0.15) is 22.3 Å².